The third-order valence-electron chi connectivity index (χ3n) is 3.17. The van der Waals surface area contributed by atoms with E-state index in [4.69, 9.17) is 4.74 Å². The lowest BCUT2D eigenvalue weighted by molar-refractivity contribution is -0.120. The molecule has 0 aliphatic rings. The molecule has 0 atom stereocenters. The first kappa shape index (κ1) is 18.7. The summed E-state index contributed by atoms with van der Waals surface area (Å²) < 4.78 is 5.78. The van der Waals surface area contributed by atoms with Gasteiger partial charge in [0.05, 0.1) is 25.4 Å². The fourth-order valence-electron chi connectivity index (χ4n) is 1.92. The molecule has 3 N–H and O–H groups in total. The van der Waals surface area contributed by atoms with Gasteiger partial charge in [-0.3, -0.25) is 9.59 Å². The molecule has 0 heterocycles. The maximum Gasteiger partial charge on any atom is 0.259 e. The van der Waals surface area contributed by atoms with Crippen LogP contribution in [-0.2, 0) is 4.79 Å². The summed E-state index contributed by atoms with van der Waals surface area (Å²) in [4.78, 5) is 23.7. The molecule has 2 amide bonds. The average Bonchev–Trinajstić information content (AvgIpc) is 2.61. The van der Waals surface area contributed by atoms with Crippen molar-refractivity contribution < 1.29 is 19.4 Å². The summed E-state index contributed by atoms with van der Waals surface area (Å²) in [6.07, 6.45) is 1.29. The molecule has 0 saturated heterocycles. The molecule has 8 heteroatoms. The van der Waals surface area contributed by atoms with E-state index >= 15 is 0 Å². The summed E-state index contributed by atoms with van der Waals surface area (Å²) in [5.74, 6) is -0.595. The molecule has 0 aliphatic carbocycles. The molecule has 130 valence electrons. The first-order chi connectivity index (χ1) is 12.0. The molecule has 0 aliphatic heterocycles. The molecule has 0 bridgehead atoms. The molecular weight excluding hydrogens is 437 g/mol. The van der Waals surface area contributed by atoms with Gasteiger partial charge < -0.3 is 15.2 Å². The predicted octanol–water partition coefficient (Wildman–Crippen LogP) is 1.89. The Kier molecular flexibility index (Phi) is 6.75. The van der Waals surface area contributed by atoms with Crippen molar-refractivity contribution in [3.05, 3.63) is 57.2 Å². The molecule has 0 saturated carbocycles. The molecule has 2 rings (SSSR count). The van der Waals surface area contributed by atoms with E-state index < -0.39 is 5.91 Å². The first-order valence-electron chi connectivity index (χ1n) is 7.23. The Morgan fingerprint density at radius 3 is 2.72 bits per heavy atom. The summed E-state index contributed by atoms with van der Waals surface area (Å²) in [7, 11) is 1.44. The minimum absolute atomic E-state index is 0.0741. The van der Waals surface area contributed by atoms with Crippen LogP contribution in [0.15, 0.2) is 47.6 Å². The van der Waals surface area contributed by atoms with Crippen LogP contribution in [0, 0.1) is 3.57 Å². The number of nitrogens with one attached hydrogen (secondary N) is 2. The Bertz CT molecular complexity index is 808. The number of hydrogen-bond donors (Lipinski definition) is 3. The van der Waals surface area contributed by atoms with Crippen molar-refractivity contribution in [2.24, 2.45) is 5.10 Å². The van der Waals surface area contributed by atoms with Gasteiger partial charge in [0, 0.05) is 9.13 Å². The highest BCUT2D eigenvalue weighted by Gasteiger charge is 2.10. The SMILES string of the molecule is COc1cccc(C=NNC(=O)CNC(=O)c2ccccc2I)c1O. The maximum absolute atomic E-state index is 12.0. The van der Waals surface area contributed by atoms with E-state index in [1.807, 2.05) is 6.07 Å². The molecular formula is C17H16IN3O4. The topological polar surface area (TPSA) is 100 Å². The highest BCUT2D eigenvalue weighted by molar-refractivity contribution is 14.1. The Balaban J connectivity index is 1.87. The van der Waals surface area contributed by atoms with Crippen molar-refractivity contribution in [2.75, 3.05) is 13.7 Å². The smallest absolute Gasteiger partial charge is 0.259 e. The van der Waals surface area contributed by atoms with Crippen LogP contribution in [-0.4, -0.2) is 36.8 Å². The third-order valence-corrected chi connectivity index (χ3v) is 4.11. The normalized spacial score (nSPS) is 10.5. The number of phenolic OH excluding ortho intramolecular Hbond substituents is 1. The fourth-order valence-corrected chi connectivity index (χ4v) is 2.56. The van der Waals surface area contributed by atoms with E-state index in [2.05, 4.69) is 38.4 Å². The minimum atomic E-state index is -0.488. The van der Waals surface area contributed by atoms with E-state index in [9.17, 15) is 14.7 Å². The van der Waals surface area contributed by atoms with Gasteiger partial charge in [0.15, 0.2) is 11.5 Å². The largest absolute Gasteiger partial charge is 0.504 e. The number of carbonyl (C=O) groups excluding carboxylic acids is 2. The number of para-hydroxylation sites is 1. The van der Waals surface area contributed by atoms with Crippen molar-refractivity contribution in [1.29, 1.82) is 0 Å². The summed E-state index contributed by atoms with van der Waals surface area (Å²) >= 11 is 2.05. The second kappa shape index (κ2) is 9.02. The van der Waals surface area contributed by atoms with E-state index in [1.54, 1.807) is 36.4 Å². The van der Waals surface area contributed by atoms with Gasteiger partial charge in [-0.1, -0.05) is 18.2 Å². The number of rotatable bonds is 6. The molecule has 0 aromatic heterocycles. The highest BCUT2D eigenvalue weighted by atomic mass is 127. The lowest BCUT2D eigenvalue weighted by Gasteiger charge is -2.06. The van der Waals surface area contributed by atoms with Crippen LogP contribution in [0.5, 0.6) is 11.5 Å². The van der Waals surface area contributed by atoms with Gasteiger partial charge >= 0.3 is 0 Å². The fraction of sp³-hybridized carbons (Fsp3) is 0.118. The Morgan fingerprint density at radius 1 is 1.24 bits per heavy atom. The Labute approximate surface area is 158 Å². The standard InChI is InChI=1S/C17H16IN3O4/c1-25-14-8-4-5-11(16(14)23)9-20-21-15(22)10-19-17(24)12-6-2-3-7-13(12)18/h2-9,23H,10H2,1H3,(H,19,24)(H,21,22). The molecule has 0 unspecified atom stereocenters. The van der Waals surface area contributed by atoms with Crippen LogP contribution in [0.2, 0.25) is 0 Å². The van der Waals surface area contributed by atoms with Crippen LogP contribution < -0.4 is 15.5 Å². The molecule has 0 spiro atoms. The summed E-state index contributed by atoms with van der Waals surface area (Å²) in [5, 5.41) is 16.2. The van der Waals surface area contributed by atoms with Gasteiger partial charge in [0.25, 0.3) is 11.8 Å². The van der Waals surface area contributed by atoms with Crippen LogP contribution in [0.25, 0.3) is 0 Å². The number of ether oxygens (including phenoxy) is 1. The number of phenols is 1. The van der Waals surface area contributed by atoms with Crippen molar-refractivity contribution in [2.45, 2.75) is 0 Å². The monoisotopic (exact) mass is 453 g/mol. The third kappa shape index (κ3) is 5.18. The van der Waals surface area contributed by atoms with E-state index in [1.165, 1.54) is 13.3 Å². The predicted molar refractivity (Wildman–Crippen MR) is 102 cm³/mol. The quantitative estimate of drug-likeness (QED) is 0.354. The van der Waals surface area contributed by atoms with Crippen LogP contribution in [0.4, 0.5) is 0 Å². The van der Waals surface area contributed by atoms with E-state index in [-0.39, 0.29) is 18.2 Å². The van der Waals surface area contributed by atoms with Crippen LogP contribution in [0.1, 0.15) is 15.9 Å². The minimum Gasteiger partial charge on any atom is -0.504 e. The maximum atomic E-state index is 12.0. The van der Waals surface area contributed by atoms with Gasteiger partial charge in [-0.15, -0.1) is 0 Å². The van der Waals surface area contributed by atoms with E-state index in [0.29, 0.717) is 16.9 Å². The van der Waals surface area contributed by atoms with Gasteiger partial charge in [-0.25, -0.2) is 5.43 Å². The number of halogens is 1. The Hall–Kier alpha value is -2.62. The zero-order valence-electron chi connectivity index (χ0n) is 13.3. The first-order valence-corrected chi connectivity index (χ1v) is 8.31. The molecule has 25 heavy (non-hydrogen) atoms. The number of aromatic hydroxyl groups is 1. The van der Waals surface area contributed by atoms with Crippen LogP contribution in [0.3, 0.4) is 0 Å². The molecule has 0 radical (unpaired) electrons. The lowest BCUT2D eigenvalue weighted by Crippen LogP contribution is -2.35. The molecule has 7 nitrogen and oxygen atoms in total. The summed E-state index contributed by atoms with van der Waals surface area (Å²) in [6.45, 7) is -0.217. The number of nitrogens with zero attached hydrogens (tertiary/aromatic N) is 1. The summed E-state index contributed by atoms with van der Waals surface area (Å²) in [5.41, 5.74) is 3.17. The molecule has 2 aromatic carbocycles. The summed E-state index contributed by atoms with van der Waals surface area (Å²) in [6, 6.07) is 12.0. The van der Waals surface area contributed by atoms with Crippen LogP contribution >= 0.6 is 22.6 Å². The number of hydrogen-bond acceptors (Lipinski definition) is 5. The second-order valence-electron chi connectivity index (χ2n) is 4.85. The van der Waals surface area contributed by atoms with Crippen molar-refractivity contribution in [1.82, 2.24) is 10.7 Å². The number of carbonyl (C=O) groups is 2. The molecule has 0 fully saturated rings. The van der Waals surface area contributed by atoms with Crippen molar-refractivity contribution in [3.63, 3.8) is 0 Å². The van der Waals surface area contributed by atoms with Gasteiger partial charge in [0.2, 0.25) is 0 Å². The Morgan fingerprint density at radius 2 is 2.00 bits per heavy atom. The highest BCUT2D eigenvalue weighted by Crippen LogP contribution is 2.27. The number of hydrazone groups is 1. The lowest BCUT2D eigenvalue weighted by atomic mass is 10.2. The zero-order chi connectivity index (χ0) is 18.2. The zero-order valence-corrected chi connectivity index (χ0v) is 15.5. The number of benzene rings is 2. The number of methoxy groups -OCH3 is 1. The van der Waals surface area contributed by atoms with Gasteiger partial charge in [-0.05, 0) is 46.9 Å². The van der Waals surface area contributed by atoms with Gasteiger partial charge in [-0.2, -0.15) is 5.10 Å². The van der Waals surface area contributed by atoms with E-state index in [0.717, 1.165) is 3.57 Å². The van der Waals surface area contributed by atoms with Crippen molar-refractivity contribution in [3.8, 4) is 11.5 Å². The number of amides is 2. The second-order valence-corrected chi connectivity index (χ2v) is 6.02. The van der Waals surface area contributed by atoms with Crippen molar-refractivity contribution >= 4 is 40.6 Å². The van der Waals surface area contributed by atoms with Gasteiger partial charge in [0.1, 0.15) is 0 Å². The average molecular weight is 453 g/mol. The molecule has 2 aromatic rings.